The molecule has 2 saturated heterocycles. The van der Waals surface area contributed by atoms with Gasteiger partial charge in [-0.05, 0) is 35.7 Å². The molecular weight excluding hydrogens is 707 g/mol. The fraction of sp³-hybridized carbons (Fsp3) is 0.467. The van der Waals surface area contributed by atoms with Crippen molar-refractivity contribution in [1.82, 2.24) is 28.5 Å². The maximum atomic E-state index is 11.4. The average molecular weight is 744 g/mol. The van der Waals surface area contributed by atoms with Crippen LogP contribution in [-0.4, -0.2) is 106 Å². The molecule has 0 bridgehead atoms. The zero-order valence-electron chi connectivity index (χ0n) is 26.6. The van der Waals surface area contributed by atoms with Crippen LogP contribution in [0.2, 0.25) is 10.3 Å². The van der Waals surface area contributed by atoms with Crippen LogP contribution in [0.25, 0.3) is 21.5 Å². The Morgan fingerprint density at radius 3 is 1.35 bits per heavy atom. The summed E-state index contributed by atoms with van der Waals surface area (Å²) in [4.78, 5) is 16.7. The van der Waals surface area contributed by atoms with Crippen LogP contribution in [0.1, 0.15) is 50.0 Å². The van der Waals surface area contributed by atoms with E-state index in [-0.39, 0.29) is 12.2 Å². The predicted octanol–water partition coefficient (Wildman–Crippen LogP) is 3.50. The minimum Gasteiger partial charge on any atom is -0.471 e. The molecule has 2 N–H and O–H groups in total. The summed E-state index contributed by atoms with van der Waals surface area (Å²) >= 11 is 12.0. The van der Waals surface area contributed by atoms with Gasteiger partial charge in [-0.25, -0.2) is 36.8 Å². The summed E-state index contributed by atoms with van der Waals surface area (Å²) in [6.07, 6.45) is 7.84. The average Bonchev–Trinajstić information content (AvgIpc) is 2.98. The van der Waals surface area contributed by atoms with Crippen molar-refractivity contribution in [3.05, 3.63) is 58.4 Å². The maximum absolute atomic E-state index is 11.4. The Morgan fingerprint density at radius 1 is 0.688 bits per heavy atom. The number of sulfonamides is 2. The Labute approximate surface area is 288 Å². The van der Waals surface area contributed by atoms with E-state index >= 15 is 0 Å². The first-order valence-electron chi connectivity index (χ1n) is 15.1. The molecule has 2 aliphatic heterocycles. The number of halogens is 2. The van der Waals surface area contributed by atoms with Crippen LogP contribution in [0.3, 0.4) is 0 Å². The second-order valence-corrected chi connectivity index (χ2v) is 16.4. The van der Waals surface area contributed by atoms with E-state index in [9.17, 15) is 27.0 Å². The molecule has 48 heavy (non-hydrogen) atoms. The van der Waals surface area contributed by atoms with E-state index in [2.05, 4.69) is 19.9 Å². The molecule has 2 unspecified atom stereocenters. The van der Waals surface area contributed by atoms with Crippen molar-refractivity contribution in [3.8, 4) is 11.8 Å². The summed E-state index contributed by atoms with van der Waals surface area (Å²) in [6, 6.07) is 3.34. The van der Waals surface area contributed by atoms with E-state index in [0.717, 1.165) is 10.8 Å². The Balaban J connectivity index is 0.000000188. The van der Waals surface area contributed by atoms with Crippen molar-refractivity contribution in [1.29, 1.82) is 0 Å². The SMILES string of the molecule is CCC(O)c1cnc(OC2CN(S(C)(=O)=O)C2)c2cnc(Cl)cc12.CCC(O)c1cnc(OC2CN(S(C)(=O)=O)C2)c2cnc(Cl)cc12. The van der Waals surface area contributed by atoms with Gasteiger partial charge in [0.15, 0.2) is 0 Å². The van der Waals surface area contributed by atoms with Crippen LogP contribution in [0, 0.1) is 0 Å². The number of hydrogen-bond donors (Lipinski definition) is 2. The van der Waals surface area contributed by atoms with Gasteiger partial charge in [0, 0.05) is 35.9 Å². The van der Waals surface area contributed by atoms with Crippen LogP contribution >= 0.6 is 23.2 Å². The van der Waals surface area contributed by atoms with Gasteiger partial charge in [0.25, 0.3) is 0 Å². The van der Waals surface area contributed by atoms with Crippen LogP contribution in [-0.2, 0) is 20.0 Å². The molecule has 0 radical (unpaired) electrons. The first-order valence-corrected chi connectivity index (χ1v) is 19.5. The largest absolute Gasteiger partial charge is 0.471 e. The van der Waals surface area contributed by atoms with Crippen molar-refractivity contribution in [2.45, 2.75) is 51.1 Å². The molecule has 4 aromatic rings. The Morgan fingerprint density at radius 2 is 1.04 bits per heavy atom. The zero-order valence-corrected chi connectivity index (χ0v) is 29.8. The fourth-order valence-corrected chi connectivity index (χ4v) is 7.24. The van der Waals surface area contributed by atoms with Gasteiger partial charge in [-0.1, -0.05) is 37.0 Å². The number of rotatable bonds is 10. The molecule has 0 spiro atoms. The third-order valence-corrected chi connectivity index (χ3v) is 11.0. The quantitative estimate of drug-likeness (QED) is 0.226. The van der Waals surface area contributed by atoms with Gasteiger partial charge in [-0.15, -0.1) is 0 Å². The summed E-state index contributed by atoms with van der Waals surface area (Å²) < 4.78 is 60.0. The minimum absolute atomic E-state index is 0.256. The van der Waals surface area contributed by atoms with E-state index in [1.165, 1.54) is 21.1 Å². The third-order valence-electron chi connectivity index (χ3n) is 8.08. The molecule has 6 rings (SSSR count). The molecule has 6 heterocycles. The van der Waals surface area contributed by atoms with Gasteiger partial charge in [-0.3, -0.25) is 0 Å². The summed E-state index contributed by atoms with van der Waals surface area (Å²) in [5.41, 5.74) is 1.33. The first-order chi connectivity index (χ1) is 22.6. The Bertz CT molecular complexity index is 1880. The van der Waals surface area contributed by atoms with E-state index in [1.807, 2.05) is 13.8 Å². The first kappa shape index (κ1) is 36.3. The lowest BCUT2D eigenvalue weighted by atomic mass is 10.0. The van der Waals surface area contributed by atoms with E-state index in [4.69, 9.17) is 32.7 Å². The lowest BCUT2D eigenvalue weighted by Gasteiger charge is -2.36. The maximum Gasteiger partial charge on any atom is 0.223 e. The number of pyridine rings is 4. The lowest BCUT2D eigenvalue weighted by molar-refractivity contribution is 0.0739. The number of aliphatic hydroxyl groups excluding tert-OH is 2. The molecule has 18 heteroatoms. The smallest absolute Gasteiger partial charge is 0.223 e. The molecule has 2 aliphatic rings. The number of hydrogen-bond acceptors (Lipinski definition) is 12. The number of aliphatic hydroxyl groups is 2. The fourth-order valence-electron chi connectivity index (χ4n) is 5.18. The normalized spacial score (nSPS) is 17.7. The van der Waals surface area contributed by atoms with Crippen LogP contribution < -0.4 is 9.47 Å². The van der Waals surface area contributed by atoms with Gasteiger partial charge < -0.3 is 19.7 Å². The highest BCUT2D eigenvalue weighted by Gasteiger charge is 2.36. The van der Waals surface area contributed by atoms with E-state index < -0.39 is 32.3 Å². The minimum atomic E-state index is -3.19. The molecule has 4 aromatic heterocycles. The second-order valence-electron chi connectivity index (χ2n) is 11.6. The van der Waals surface area contributed by atoms with Gasteiger partial charge in [0.1, 0.15) is 22.5 Å². The van der Waals surface area contributed by atoms with Crippen molar-refractivity contribution in [2.24, 2.45) is 0 Å². The monoisotopic (exact) mass is 742 g/mol. The Kier molecular flexibility index (Phi) is 11.0. The third kappa shape index (κ3) is 8.08. The topological polar surface area (TPSA) is 185 Å². The highest BCUT2D eigenvalue weighted by molar-refractivity contribution is 7.88. The van der Waals surface area contributed by atoms with Crippen LogP contribution in [0.15, 0.2) is 36.9 Å². The van der Waals surface area contributed by atoms with Crippen molar-refractivity contribution in [3.63, 3.8) is 0 Å². The van der Waals surface area contributed by atoms with Crippen LogP contribution in [0.4, 0.5) is 0 Å². The molecule has 260 valence electrons. The van der Waals surface area contributed by atoms with Crippen LogP contribution in [0.5, 0.6) is 11.8 Å². The summed E-state index contributed by atoms with van der Waals surface area (Å²) in [5, 5.41) is 23.7. The summed E-state index contributed by atoms with van der Waals surface area (Å²) in [5.74, 6) is 0.721. The van der Waals surface area contributed by atoms with Gasteiger partial charge in [0.05, 0.1) is 61.7 Å². The number of ether oxygens (including phenoxy) is 2. The number of fused-ring (bicyclic) bond motifs is 2. The standard InChI is InChI=1S/2C15H18ClN3O4S/c2*1-3-13(20)11-5-18-15(12-6-17-14(16)4-10(11)12)23-9-7-19(8-9)24(2,21)22/h2*4-6,9,13,20H,3,7-8H2,1-2H3. The molecule has 0 aliphatic carbocycles. The highest BCUT2D eigenvalue weighted by Crippen LogP contribution is 2.34. The van der Waals surface area contributed by atoms with Crippen molar-refractivity contribution < 1.29 is 36.5 Å². The molecule has 0 amide bonds. The van der Waals surface area contributed by atoms with Gasteiger partial charge >= 0.3 is 0 Å². The molecular formula is C30H36Cl2N6O8S2. The van der Waals surface area contributed by atoms with Gasteiger partial charge in [0.2, 0.25) is 31.8 Å². The summed E-state index contributed by atoms with van der Waals surface area (Å²) in [6.45, 7) is 4.92. The predicted molar refractivity (Wildman–Crippen MR) is 181 cm³/mol. The number of nitrogens with zero attached hydrogens (tertiary/aromatic N) is 6. The lowest BCUT2D eigenvalue weighted by Crippen LogP contribution is -2.55. The number of aromatic nitrogens is 4. The van der Waals surface area contributed by atoms with E-state index in [0.29, 0.717) is 83.0 Å². The molecule has 0 aromatic carbocycles. The molecule has 2 atom stereocenters. The highest BCUT2D eigenvalue weighted by atomic mass is 35.5. The zero-order chi connectivity index (χ0) is 35.0. The molecule has 14 nitrogen and oxygen atoms in total. The van der Waals surface area contributed by atoms with Crippen molar-refractivity contribution >= 4 is 64.8 Å². The molecule has 2 fully saturated rings. The second kappa shape index (κ2) is 14.5. The summed E-state index contributed by atoms with van der Waals surface area (Å²) in [7, 11) is -6.38. The van der Waals surface area contributed by atoms with Crippen molar-refractivity contribution in [2.75, 3.05) is 38.7 Å². The van der Waals surface area contributed by atoms with Gasteiger partial charge in [-0.2, -0.15) is 8.61 Å². The Hall–Kier alpha value is -2.96. The van der Waals surface area contributed by atoms with E-state index in [1.54, 1.807) is 36.9 Å². The molecule has 0 saturated carbocycles.